The third kappa shape index (κ3) is 6.25. The van der Waals surface area contributed by atoms with Gasteiger partial charge in [0.25, 0.3) is 5.91 Å². The summed E-state index contributed by atoms with van der Waals surface area (Å²) in [5.74, 6) is 0.879. The van der Waals surface area contributed by atoms with Crippen LogP contribution in [0.25, 0.3) is 0 Å². The number of ether oxygens (including phenoxy) is 2. The van der Waals surface area contributed by atoms with Crippen LogP contribution in [0.5, 0.6) is 5.75 Å². The maximum atomic E-state index is 12.3. The predicted molar refractivity (Wildman–Crippen MR) is 111 cm³/mol. The Balaban J connectivity index is 1.39. The van der Waals surface area contributed by atoms with Crippen LogP contribution in [0.3, 0.4) is 0 Å². The minimum absolute atomic E-state index is 0.00665. The highest BCUT2D eigenvalue weighted by Gasteiger charge is 2.13. The van der Waals surface area contributed by atoms with Gasteiger partial charge in [-0.2, -0.15) is 0 Å². The van der Waals surface area contributed by atoms with Gasteiger partial charge >= 0.3 is 0 Å². The number of nitrogens with zero attached hydrogens (tertiary/aromatic N) is 1. The maximum Gasteiger partial charge on any atom is 0.279 e. The lowest BCUT2D eigenvalue weighted by Gasteiger charge is -2.28. The molecule has 28 heavy (non-hydrogen) atoms. The second kappa shape index (κ2) is 10.1. The van der Waals surface area contributed by atoms with Crippen molar-refractivity contribution in [3.05, 3.63) is 54.1 Å². The lowest BCUT2D eigenvalue weighted by molar-refractivity contribution is -0.871. The zero-order chi connectivity index (χ0) is 19.8. The number of likely N-dealkylation sites (N-methyl/N-ethyl adjacent to an activating group) is 1. The molecule has 1 heterocycles. The Morgan fingerprint density at radius 3 is 2.64 bits per heavy atom. The molecule has 0 radical (unpaired) electrons. The van der Waals surface area contributed by atoms with Gasteiger partial charge in [-0.3, -0.25) is 4.79 Å². The van der Waals surface area contributed by atoms with Crippen LogP contribution in [0, 0.1) is 6.92 Å². The molecule has 6 heteroatoms. The molecule has 0 bridgehead atoms. The van der Waals surface area contributed by atoms with Crippen LogP contribution < -0.4 is 19.9 Å². The fraction of sp³-hybridized carbons (Fsp3) is 0.409. The number of benzene rings is 2. The van der Waals surface area contributed by atoms with Crippen molar-refractivity contribution in [3.63, 3.8) is 0 Å². The highest BCUT2D eigenvalue weighted by molar-refractivity contribution is 5.91. The first-order chi connectivity index (χ1) is 13.6. The standard InChI is InChI=1S/C22H29N3O3/c1-18-4-3-5-21(16-18)28-15-10-24(2)17-22(26)23-19-6-8-20(9-7-19)25-11-13-27-14-12-25/h3-9,16H,10-15,17H2,1-2H3,(H,23,26)/p+1. The van der Waals surface area contributed by atoms with Crippen LogP contribution in [0.15, 0.2) is 48.5 Å². The topological polar surface area (TPSA) is 55.2 Å². The Kier molecular flexibility index (Phi) is 7.28. The monoisotopic (exact) mass is 384 g/mol. The number of nitrogens with one attached hydrogen (secondary N) is 2. The van der Waals surface area contributed by atoms with Crippen LogP contribution in [0.2, 0.25) is 0 Å². The van der Waals surface area contributed by atoms with Gasteiger partial charge < -0.3 is 24.6 Å². The molecule has 2 N–H and O–H groups in total. The van der Waals surface area contributed by atoms with E-state index in [9.17, 15) is 4.79 Å². The molecule has 1 unspecified atom stereocenters. The molecule has 1 aliphatic rings. The van der Waals surface area contributed by atoms with Gasteiger partial charge in [-0.15, -0.1) is 0 Å². The van der Waals surface area contributed by atoms with Crippen molar-refractivity contribution in [2.24, 2.45) is 0 Å². The molecular formula is C22H30N3O3+. The predicted octanol–water partition coefficient (Wildman–Crippen LogP) is 1.36. The number of rotatable bonds is 8. The highest BCUT2D eigenvalue weighted by Crippen LogP contribution is 2.18. The van der Waals surface area contributed by atoms with E-state index in [4.69, 9.17) is 9.47 Å². The minimum atomic E-state index is 0.00665. The molecule has 1 atom stereocenters. The zero-order valence-corrected chi connectivity index (χ0v) is 16.7. The van der Waals surface area contributed by atoms with Crippen molar-refractivity contribution in [1.29, 1.82) is 0 Å². The molecule has 2 aromatic rings. The van der Waals surface area contributed by atoms with Gasteiger partial charge in [0.15, 0.2) is 6.54 Å². The quantitative estimate of drug-likeness (QED) is 0.722. The fourth-order valence-electron chi connectivity index (χ4n) is 3.19. The number of hydrogen-bond acceptors (Lipinski definition) is 4. The van der Waals surface area contributed by atoms with E-state index < -0.39 is 0 Å². The summed E-state index contributed by atoms with van der Waals surface area (Å²) in [6, 6.07) is 16.0. The average molecular weight is 385 g/mol. The summed E-state index contributed by atoms with van der Waals surface area (Å²) >= 11 is 0. The molecule has 6 nitrogen and oxygen atoms in total. The summed E-state index contributed by atoms with van der Waals surface area (Å²) in [6.45, 7) is 7.13. The highest BCUT2D eigenvalue weighted by atomic mass is 16.5. The summed E-state index contributed by atoms with van der Waals surface area (Å²) < 4.78 is 11.1. The number of anilines is 2. The molecule has 0 aliphatic carbocycles. The van der Waals surface area contributed by atoms with Crippen LogP contribution in [-0.2, 0) is 9.53 Å². The molecular weight excluding hydrogens is 354 g/mol. The lowest BCUT2D eigenvalue weighted by Crippen LogP contribution is -3.10. The van der Waals surface area contributed by atoms with E-state index in [1.165, 1.54) is 5.56 Å². The molecule has 2 aromatic carbocycles. The second-order valence-corrected chi connectivity index (χ2v) is 7.24. The van der Waals surface area contributed by atoms with Crippen molar-refractivity contribution < 1.29 is 19.2 Å². The molecule has 150 valence electrons. The third-order valence-corrected chi connectivity index (χ3v) is 4.78. The van der Waals surface area contributed by atoms with Gasteiger partial charge in [0.05, 0.1) is 20.3 Å². The van der Waals surface area contributed by atoms with Crippen molar-refractivity contribution in [1.82, 2.24) is 0 Å². The first kappa shape index (κ1) is 20.2. The van der Waals surface area contributed by atoms with Crippen LogP contribution in [0.1, 0.15) is 5.56 Å². The third-order valence-electron chi connectivity index (χ3n) is 4.78. The summed E-state index contributed by atoms with van der Waals surface area (Å²) in [4.78, 5) is 15.7. The van der Waals surface area contributed by atoms with Crippen LogP contribution in [0.4, 0.5) is 11.4 Å². The summed E-state index contributed by atoms with van der Waals surface area (Å²) in [5.41, 5.74) is 3.17. The second-order valence-electron chi connectivity index (χ2n) is 7.24. The summed E-state index contributed by atoms with van der Waals surface area (Å²) in [5, 5.41) is 2.97. The lowest BCUT2D eigenvalue weighted by atomic mass is 10.2. The summed E-state index contributed by atoms with van der Waals surface area (Å²) in [7, 11) is 2.00. The number of hydrogen-bond donors (Lipinski definition) is 2. The van der Waals surface area contributed by atoms with Crippen LogP contribution in [-0.4, -0.2) is 59.0 Å². The van der Waals surface area contributed by atoms with Gasteiger partial charge in [-0.05, 0) is 48.9 Å². The molecule has 1 aliphatic heterocycles. The first-order valence-corrected chi connectivity index (χ1v) is 9.83. The average Bonchev–Trinajstić information content (AvgIpc) is 2.69. The molecule has 1 amide bonds. The van der Waals surface area contributed by atoms with E-state index in [-0.39, 0.29) is 5.91 Å². The molecule has 1 saturated heterocycles. The number of morpholine rings is 1. The molecule has 3 rings (SSSR count). The van der Waals surface area contributed by atoms with Gasteiger partial charge in [-0.1, -0.05) is 12.1 Å². The zero-order valence-electron chi connectivity index (χ0n) is 16.7. The molecule has 0 aromatic heterocycles. The Bertz CT molecular complexity index is 758. The Morgan fingerprint density at radius 2 is 1.93 bits per heavy atom. The Morgan fingerprint density at radius 1 is 1.18 bits per heavy atom. The fourth-order valence-corrected chi connectivity index (χ4v) is 3.19. The van der Waals surface area contributed by atoms with E-state index in [1.807, 2.05) is 62.5 Å². The number of carbonyl (C=O) groups is 1. The number of amides is 1. The number of aryl methyl sites for hydroxylation is 1. The van der Waals surface area contributed by atoms with E-state index in [0.717, 1.165) is 54.9 Å². The normalized spacial score (nSPS) is 15.1. The van der Waals surface area contributed by atoms with Crippen molar-refractivity contribution >= 4 is 17.3 Å². The van der Waals surface area contributed by atoms with Crippen LogP contribution >= 0.6 is 0 Å². The van der Waals surface area contributed by atoms with Gasteiger partial charge in [0.2, 0.25) is 0 Å². The number of carbonyl (C=O) groups excluding carboxylic acids is 1. The Labute approximate surface area is 167 Å². The van der Waals surface area contributed by atoms with E-state index in [1.54, 1.807) is 0 Å². The van der Waals surface area contributed by atoms with Crippen molar-refractivity contribution in [3.8, 4) is 5.75 Å². The van der Waals surface area contributed by atoms with Crippen molar-refractivity contribution in [2.75, 3.05) is 63.3 Å². The Hall–Kier alpha value is -2.57. The van der Waals surface area contributed by atoms with Gasteiger partial charge in [-0.25, -0.2) is 0 Å². The molecule has 1 fully saturated rings. The molecule has 0 spiro atoms. The van der Waals surface area contributed by atoms with Gasteiger partial charge in [0.1, 0.15) is 18.9 Å². The SMILES string of the molecule is Cc1cccc(OCC[NH+](C)CC(=O)Nc2ccc(N3CCOCC3)cc2)c1. The summed E-state index contributed by atoms with van der Waals surface area (Å²) in [6.07, 6.45) is 0. The first-order valence-electron chi connectivity index (χ1n) is 9.83. The smallest absolute Gasteiger partial charge is 0.279 e. The van der Waals surface area contributed by atoms with Gasteiger partial charge in [0, 0.05) is 24.5 Å². The molecule has 0 saturated carbocycles. The number of quaternary nitrogens is 1. The minimum Gasteiger partial charge on any atom is -0.488 e. The van der Waals surface area contributed by atoms with E-state index in [2.05, 4.69) is 10.2 Å². The largest absolute Gasteiger partial charge is 0.488 e. The van der Waals surface area contributed by atoms with E-state index in [0.29, 0.717) is 13.2 Å². The van der Waals surface area contributed by atoms with Crippen molar-refractivity contribution in [2.45, 2.75) is 6.92 Å². The maximum absolute atomic E-state index is 12.3. The van der Waals surface area contributed by atoms with E-state index >= 15 is 0 Å².